The Balaban J connectivity index is 2.43. The van der Waals surface area contributed by atoms with Crippen molar-refractivity contribution in [2.24, 2.45) is 11.7 Å². The zero-order valence-corrected chi connectivity index (χ0v) is 12.5. The van der Waals surface area contributed by atoms with E-state index >= 15 is 0 Å². The van der Waals surface area contributed by atoms with Crippen molar-refractivity contribution in [2.75, 3.05) is 17.8 Å². The number of sulfone groups is 1. The largest absolute Gasteiger partial charge is 0.327 e. The van der Waals surface area contributed by atoms with Crippen LogP contribution >= 0.6 is 11.8 Å². The van der Waals surface area contributed by atoms with E-state index in [1.54, 1.807) is 0 Å². The molecule has 5 heteroatoms. The molecule has 0 aliphatic heterocycles. The minimum Gasteiger partial charge on any atom is -0.327 e. The molecule has 0 radical (unpaired) electrons. The van der Waals surface area contributed by atoms with Crippen LogP contribution in [0, 0.1) is 5.92 Å². The highest BCUT2D eigenvalue weighted by Gasteiger charge is 2.31. The molecule has 1 aliphatic carbocycles. The normalized spacial score (nSPS) is 27.9. The Morgan fingerprint density at radius 1 is 1.41 bits per heavy atom. The highest BCUT2D eigenvalue weighted by atomic mass is 32.2. The van der Waals surface area contributed by atoms with Gasteiger partial charge in [0.15, 0.2) is 0 Å². The molecule has 1 saturated carbocycles. The Kier molecular flexibility index (Phi) is 6.31. The first-order chi connectivity index (χ1) is 7.95. The Labute approximate surface area is 110 Å². The van der Waals surface area contributed by atoms with Crippen molar-refractivity contribution in [2.45, 2.75) is 50.3 Å². The van der Waals surface area contributed by atoms with Gasteiger partial charge in [-0.25, -0.2) is 8.42 Å². The summed E-state index contributed by atoms with van der Waals surface area (Å²) >= 11 is 1.89. The lowest BCUT2D eigenvalue weighted by Crippen LogP contribution is -2.39. The molecule has 0 aromatic rings. The van der Waals surface area contributed by atoms with Crippen LogP contribution < -0.4 is 5.73 Å². The summed E-state index contributed by atoms with van der Waals surface area (Å²) < 4.78 is 23.1. The van der Waals surface area contributed by atoms with E-state index in [9.17, 15) is 8.42 Å². The fourth-order valence-corrected chi connectivity index (χ4v) is 4.65. The third-order valence-corrected chi connectivity index (χ3v) is 6.49. The summed E-state index contributed by atoms with van der Waals surface area (Å²) in [6.45, 7) is 2.17. The van der Waals surface area contributed by atoms with Gasteiger partial charge in [0.05, 0.1) is 5.25 Å². The number of hydrogen-bond acceptors (Lipinski definition) is 4. The van der Waals surface area contributed by atoms with Gasteiger partial charge in [0.2, 0.25) is 0 Å². The lowest BCUT2D eigenvalue weighted by atomic mass is 9.84. The van der Waals surface area contributed by atoms with Gasteiger partial charge in [-0.15, -0.1) is 0 Å². The summed E-state index contributed by atoms with van der Waals surface area (Å²) in [5, 5.41) is -0.150. The average molecular weight is 279 g/mol. The van der Waals surface area contributed by atoms with Crippen LogP contribution in [-0.2, 0) is 9.84 Å². The van der Waals surface area contributed by atoms with Gasteiger partial charge in [-0.05, 0) is 37.4 Å². The molecule has 1 rings (SSSR count). The summed E-state index contributed by atoms with van der Waals surface area (Å²) in [5.74, 6) is 2.51. The average Bonchev–Trinajstić information content (AvgIpc) is 2.28. The molecule has 0 spiro atoms. The maximum absolute atomic E-state index is 11.6. The van der Waals surface area contributed by atoms with Gasteiger partial charge in [0, 0.05) is 18.1 Å². The summed E-state index contributed by atoms with van der Waals surface area (Å²) in [4.78, 5) is 0. The van der Waals surface area contributed by atoms with E-state index in [4.69, 9.17) is 5.73 Å². The summed E-state index contributed by atoms with van der Waals surface area (Å²) in [7, 11) is -2.88. The van der Waals surface area contributed by atoms with Crippen molar-refractivity contribution in [3.8, 4) is 0 Å². The number of thioether (sulfide) groups is 1. The van der Waals surface area contributed by atoms with Crippen LogP contribution in [0.15, 0.2) is 0 Å². The van der Waals surface area contributed by atoms with Crippen LogP contribution in [0.1, 0.15) is 39.0 Å². The first-order valence-corrected chi connectivity index (χ1v) is 9.58. The van der Waals surface area contributed by atoms with E-state index in [-0.39, 0.29) is 11.3 Å². The van der Waals surface area contributed by atoms with Crippen molar-refractivity contribution < 1.29 is 8.42 Å². The maximum atomic E-state index is 11.6. The predicted molar refractivity (Wildman–Crippen MR) is 76.2 cm³/mol. The molecule has 0 aromatic carbocycles. The van der Waals surface area contributed by atoms with Crippen molar-refractivity contribution >= 4 is 21.6 Å². The second-order valence-corrected chi connectivity index (χ2v) is 8.59. The molecule has 3 unspecified atom stereocenters. The highest BCUT2D eigenvalue weighted by molar-refractivity contribution is 7.99. The minimum atomic E-state index is -2.88. The molecular weight excluding hydrogens is 254 g/mol. The predicted octanol–water partition coefficient (Wildman–Crippen LogP) is 2.06. The fraction of sp³-hybridized carbons (Fsp3) is 1.00. The number of rotatable bonds is 6. The zero-order valence-electron chi connectivity index (χ0n) is 10.9. The number of hydrogen-bond donors (Lipinski definition) is 1. The van der Waals surface area contributed by atoms with E-state index < -0.39 is 9.84 Å². The van der Waals surface area contributed by atoms with Crippen LogP contribution in [0.4, 0.5) is 0 Å². The Morgan fingerprint density at radius 3 is 2.71 bits per heavy atom. The van der Waals surface area contributed by atoms with Crippen LogP contribution in [0.2, 0.25) is 0 Å². The van der Waals surface area contributed by atoms with E-state index in [1.165, 1.54) is 12.7 Å². The fourth-order valence-electron chi connectivity index (χ4n) is 2.46. The van der Waals surface area contributed by atoms with Crippen molar-refractivity contribution in [1.82, 2.24) is 0 Å². The van der Waals surface area contributed by atoms with Crippen molar-refractivity contribution in [3.05, 3.63) is 0 Å². The second-order valence-electron chi connectivity index (χ2n) is 5.12. The van der Waals surface area contributed by atoms with E-state index in [2.05, 4.69) is 6.92 Å². The quantitative estimate of drug-likeness (QED) is 0.756. The highest BCUT2D eigenvalue weighted by Crippen LogP contribution is 2.31. The van der Waals surface area contributed by atoms with Crippen LogP contribution in [0.5, 0.6) is 0 Å². The molecule has 17 heavy (non-hydrogen) atoms. The first-order valence-electron chi connectivity index (χ1n) is 6.47. The summed E-state index contributed by atoms with van der Waals surface area (Å²) in [5.41, 5.74) is 6.18. The molecule has 102 valence electrons. The van der Waals surface area contributed by atoms with Crippen LogP contribution in [0.25, 0.3) is 0 Å². The Bertz CT molecular complexity index is 316. The topological polar surface area (TPSA) is 60.2 Å². The second kappa shape index (κ2) is 7.00. The molecule has 0 heterocycles. The van der Waals surface area contributed by atoms with Crippen molar-refractivity contribution in [3.63, 3.8) is 0 Å². The van der Waals surface area contributed by atoms with Gasteiger partial charge in [0.1, 0.15) is 9.84 Å². The molecule has 1 aliphatic rings. The molecule has 0 aromatic heterocycles. The van der Waals surface area contributed by atoms with Crippen molar-refractivity contribution in [1.29, 1.82) is 0 Å². The molecule has 3 atom stereocenters. The third-order valence-electron chi connectivity index (χ3n) is 3.54. The first kappa shape index (κ1) is 15.3. The lowest BCUT2D eigenvalue weighted by molar-refractivity contribution is 0.319. The van der Waals surface area contributed by atoms with Gasteiger partial charge in [-0.3, -0.25) is 0 Å². The monoisotopic (exact) mass is 279 g/mol. The van der Waals surface area contributed by atoms with E-state index in [0.29, 0.717) is 5.92 Å². The lowest BCUT2D eigenvalue weighted by Gasteiger charge is -2.31. The minimum absolute atomic E-state index is 0.150. The summed E-state index contributed by atoms with van der Waals surface area (Å²) in [6, 6.07) is 0.163. The molecule has 0 saturated heterocycles. The molecule has 0 amide bonds. The van der Waals surface area contributed by atoms with Gasteiger partial charge in [0.25, 0.3) is 0 Å². The van der Waals surface area contributed by atoms with Gasteiger partial charge in [-0.1, -0.05) is 13.3 Å². The Hall–Kier alpha value is 0.260. The summed E-state index contributed by atoms with van der Waals surface area (Å²) in [6.07, 6.45) is 6.23. The molecular formula is C12H25NO2S2. The van der Waals surface area contributed by atoms with Gasteiger partial charge < -0.3 is 5.73 Å². The zero-order chi connectivity index (χ0) is 12.9. The van der Waals surface area contributed by atoms with E-state index in [0.717, 1.165) is 37.2 Å². The molecule has 1 fully saturated rings. The van der Waals surface area contributed by atoms with Crippen LogP contribution in [0.3, 0.4) is 0 Å². The molecule has 2 N–H and O–H groups in total. The third kappa shape index (κ3) is 5.18. The van der Waals surface area contributed by atoms with Gasteiger partial charge in [-0.2, -0.15) is 11.8 Å². The van der Waals surface area contributed by atoms with Gasteiger partial charge >= 0.3 is 0 Å². The smallest absolute Gasteiger partial charge is 0.150 e. The standard InChI is InChI=1S/C12H25NO2S2/c1-3-7-16-9-12(13)10-5-4-6-11(8-10)17(2,14)15/h10-12H,3-9,13H2,1-2H3. The SMILES string of the molecule is CCCSCC(N)C1CCCC(S(C)(=O)=O)C1. The molecule has 0 bridgehead atoms. The Morgan fingerprint density at radius 2 is 2.12 bits per heavy atom. The van der Waals surface area contributed by atoms with E-state index in [1.807, 2.05) is 11.8 Å². The maximum Gasteiger partial charge on any atom is 0.150 e. The number of nitrogens with two attached hydrogens (primary N) is 1. The molecule has 3 nitrogen and oxygen atoms in total. The van der Waals surface area contributed by atoms with Crippen LogP contribution in [-0.4, -0.2) is 37.5 Å².